The van der Waals surface area contributed by atoms with Crippen LogP contribution < -0.4 is 19.6 Å². The lowest BCUT2D eigenvalue weighted by atomic mass is 10.2. The van der Waals surface area contributed by atoms with E-state index in [1.165, 1.54) is 6.07 Å². The molecule has 0 aliphatic carbocycles. The van der Waals surface area contributed by atoms with E-state index in [1.54, 1.807) is 20.2 Å². The molecule has 0 aliphatic heterocycles. The number of methoxy groups -OCH3 is 1. The summed E-state index contributed by atoms with van der Waals surface area (Å²) in [7, 11) is 1.61. The number of hydrogen-bond acceptors (Lipinski definition) is 6. The molecule has 0 N–H and O–H groups in total. The van der Waals surface area contributed by atoms with Crippen molar-refractivity contribution >= 4 is 5.97 Å². The molecule has 0 saturated carbocycles. The van der Waals surface area contributed by atoms with Gasteiger partial charge in [-0.05, 0) is 43.2 Å². The van der Waals surface area contributed by atoms with E-state index in [0.29, 0.717) is 25.3 Å². The molecule has 3 aromatic rings. The van der Waals surface area contributed by atoms with E-state index in [-0.39, 0.29) is 17.8 Å². The molecule has 1 unspecified atom stereocenters. The number of carbonyl (C=O) groups is 1. The second-order valence-electron chi connectivity index (χ2n) is 7.42. The Bertz CT molecular complexity index is 1090. The highest BCUT2D eigenvalue weighted by Crippen LogP contribution is 2.18. The van der Waals surface area contributed by atoms with Crippen LogP contribution in [0.3, 0.4) is 0 Å². The molecule has 0 radical (unpaired) electrons. The van der Waals surface area contributed by atoms with Gasteiger partial charge in [0.05, 0.1) is 19.3 Å². The van der Waals surface area contributed by atoms with Gasteiger partial charge in [0, 0.05) is 12.3 Å². The molecule has 0 fully saturated rings. The fraction of sp³-hybridized carbons (Fsp3) is 0.308. The number of benzene rings is 2. The van der Waals surface area contributed by atoms with E-state index in [9.17, 15) is 9.59 Å². The third-order valence-electron chi connectivity index (χ3n) is 5.17. The van der Waals surface area contributed by atoms with E-state index in [0.717, 1.165) is 17.1 Å². The van der Waals surface area contributed by atoms with Crippen LogP contribution in [0.5, 0.6) is 17.2 Å². The Morgan fingerprint density at radius 2 is 1.70 bits per heavy atom. The first-order valence-corrected chi connectivity index (χ1v) is 10.9. The minimum atomic E-state index is -0.869. The van der Waals surface area contributed by atoms with Gasteiger partial charge in [-0.2, -0.15) is 0 Å². The Morgan fingerprint density at radius 3 is 2.36 bits per heavy atom. The zero-order chi connectivity index (χ0) is 23.6. The number of hydrogen-bond donors (Lipinski definition) is 0. The zero-order valence-electron chi connectivity index (χ0n) is 19.2. The van der Waals surface area contributed by atoms with Crippen LogP contribution in [-0.2, 0) is 22.7 Å². The normalized spacial score (nSPS) is 11.5. The predicted molar refractivity (Wildman–Crippen MR) is 125 cm³/mol. The van der Waals surface area contributed by atoms with Gasteiger partial charge in [0.15, 0.2) is 11.9 Å². The van der Waals surface area contributed by atoms with Gasteiger partial charge < -0.3 is 23.5 Å². The summed E-state index contributed by atoms with van der Waals surface area (Å²) in [6, 6.07) is 18.2. The molecular formula is C26H29NO6. The van der Waals surface area contributed by atoms with Crippen LogP contribution in [0.1, 0.15) is 24.6 Å². The molecule has 0 spiro atoms. The highest BCUT2D eigenvalue weighted by Gasteiger charge is 2.23. The van der Waals surface area contributed by atoms with Crippen LogP contribution in [-0.4, -0.2) is 30.4 Å². The van der Waals surface area contributed by atoms with Crippen molar-refractivity contribution in [1.29, 1.82) is 0 Å². The first-order chi connectivity index (χ1) is 16.0. The van der Waals surface area contributed by atoms with Crippen molar-refractivity contribution in [3.8, 4) is 17.2 Å². The van der Waals surface area contributed by atoms with Crippen molar-refractivity contribution in [2.45, 2.75) is 39.5 Å². The molecule has 7 heteroatoms. The first-order valence-electron chi connectivity index (χ1n) is 10.9. The van der Waals surface area contributed by atoms with E-state index in [2.05, 4.69) is 0 Å². The fourth-order valence-corrected chi connectivity index (χ4v) is 3.24. The Labute approximate surface area is 193 Å². The summed E-state index contributed by atoms with van der Waals surface area (Å²) < 4.78 is 24.0. The molecular weight excluding hydrogens is 422 g/mol. The summed E-state index contributed by atoms with van der Waals surface area (Å²) >= 11 is 0. The Hall–Kier alpha value is -3.74. The van der Waals surface area contributed by atoms with Crippen molar-refractivity contribution in [2.24, 2.45) is 0 Å². The average Bonchev–Trinajstić information content (AvgIpc) is 2.85. The van der Waals surface area contributed by atoms with Gasteiger partial charge in [-0.25, -0.2) is 4.79 Å². The van der Waals surface area contributed by atoms with Crippen molar-refractivity contribution in [2.75, 3.05) is 13.7 Å². The van der Waals surface area contributed by atoms with Crippen LogP contribution in [0, 0.1) is 6.92 Å². The molecule has 1 atom stereocenters. The molecule has 174 valence electrons. The standard InChI is InChI=1S/C26H29NO6/c1-4-24(26(29)32-18-20-8-6-5-7-9-20)33-25-19(2)27(15-14-23(25)28)16-17-31-22-12-10-21(30-3)11-13-22/h5-15,24H,4,16-18H2,1-3H3. The lowest BCUT2D eigenvalue weighted by Crippen LogP contribution is -2.31. The summed E-state index contributed by atoms with van der Waals surface area (Å²) in [4.78, 5) is 25.0. The van der Waals surface area contributed by atoms with Gasteiger partial charge in [-0.1, -0.05) is 37.3 Å². The lowest BCUT2D eigenvalue weighted by molar-refractivity contribution is -0.153. The van der Waals surface area contributed by atoms with Crippen molar-refractivity contribution in [3.63, 3.8) is 0 Å². The highest BCUT2D eigenvalue weighted by molar-refractivity contribution is 5.75. The molecule has 3 rings (SSSR count). The topological polar surface area (TPSA) is 76.0 Å². The molecule has 0 saturated heterocycles. The molecule has 7 nitrogen and oxygen atoms in total. The number of pyridine rings is 1. The SMILES string of the molecule is CCC(Oc1c(C)n(CCOc2ccc(OC)cc2)ccc1=O)C(=O)OCc1ccccc1. The van der Waals surface area contributed by atoms with E-state index >= 15 is 0 Å². The third-order valence-corrected chi connectivity index (χ3v) is 5.17. The summed E-state index contributed by atoms with van der Waals surface area (Å²) in [5, 5.41) is 0. The maximum absolute atomic E-state index is 12.5. The largest absolute Gasteiger partial charge is 0.497 e. The first kappa shape index (κ1) is 23.9. The molecule has 0 amide bonds. The predicted octanol–water partition coefficient (Wildman–Crippen LogP) is 4.15. The summed E-state index contributed by atoms with van der Waals surface area (Å²) in [6.07, 6.45) is 1.20. The second kappa shape index (κ2) is 11.8. The minimum Gasteiger partial charge on any atom is -0.497 e. The van der Waals surface area contributed by atoms with Crippen LogP contribution in [0.4, 0.5) is 0 Å². The minimum absolute atomic E-state index is 0.144. The van der Waals surface area contributed by atoms with Gasteiger partial charge in [0.2, 0.25) is 5.43 Å². The Kier molecular flexibility index (Phi) is 8.52. The number of esters is 1. The maximum atomic E-state index is 12.5. The second-order valence-corrected chi connectivity index (χ2v) is 7.42. The van der Waals surface area contributed by atoms with Crippen LogP contribution in [0.25, 0.3) is 0 Å². The number of nitrogens with zero attached hydrogens (tertiary/aromatic N) is 1. The summed E-state index contributed by atoms with van der Waals surface area (Å²) in [6.45, 7) is 4.65. The van der Waals surface area contributed by atoms with Gasteiger partial charge in [0.1, 0.15) is 24.7 Å². The third kappa shape index (κ3) is 6.62. The summed E-state index contributed by atoms with van der Waals surface area (Å²) in [5.41, 5.74) is 1.22. The quantitative estimate of drug-likeness (QED) is 0.408. The smallest absolute Gasteiger partial charge is 0.347 e. The number of aromatic nitrogens is 1. The van der Waals surface area contributed by atoms with Crippen molar-refractivity contribution in [1.82, 2.24) is 4.57 Å². The van der Waals surface area contributed by atoms with Gasteiger partial charge in [0.25, 0.3) is 0 Å². The zero-order valence-corrected chi connectivity index (χ0v) is 19.2. The fourth-order valence-electron chi connectivity index (χ4n) is 3.24. The number of carbonyl (C=O) groups excluding carboxylic acids is 1. The Morgan fingerprint density at radius 1 is 1.00 bits per heavy atom. The van der Waals surface area contributed by atoms with Crippen LogP contribution in [0.15, 0.2) is 71.7 Å². The molecule has 1 heterocycles. The summed E-state index contributed by atoms with van der Waals surface area (Å²) in [5.74, 6) is 1.12. The molecule has 2 aromatic carbocycles. The monoisotopic (exact) mass is 451 g/mol. The molecule has 33 heavy (non-hydrogen) atoms. The van der Waals surface area contributed by atoms with Crippen molar-refractivity contribution < 1.29 is 23.7 Å². The number of ether oxygens (including phenoxy) is 4. The Balaban J connectivity index is 1.62. The average molecular weight is 452 g/mol. The molecule has 0 bridgehead atoms. The van der Waals surface area contributed by atoms with E-state index in [1.807, 2.05) is 66.1 Å². The van der Waals surface area contributed by atoms with Crippen LogP contribution in [0.2, 0.25) is 0 Å². The molecule has 0 aliphatic rings. The maximum Gasteiger partial charge on any atom is 0.347 e. The van der Waals surface area contributed by atoms with Gasteiger partial charge in [-0.3, -0.25) is 4.79 Å². The highest BCUT2D eigenvalue weighted by atomic mass is 16.6. The lowest BCUT2D eigenvalue weighted by Gasteiger charge is -2.20. The van der Waals surface area contributed by atoms with Gasteiger partial charge in [-0.15, -0.1) is 0 Å². The molecule has 1 aromatic heterocycles. The van der Waals surface area contributed by atoms with Crippen molar-refractivity contribution in [3.05, 3.63) is 88.3 Å². The van der Waals surface area contributed by atoms with Crippen LogP contribution >= 0.6 is 0 Å². The number of rotatable bonds is 11. The van der Waals surface area contributed by atoms with Gasteiger partial charge >= 0.3 is 5.97 Å². The van der Waals surface area contributed by atoms with E-state index in [4.69, 9.17) is 18.9 Å². The van der Waals surface area contributed by atoms with E-state index < -0.39 is 12.1 Å².